The van der Waals surface area contributed by atoms with Gasteiger partial charge in [-0.25, -0.2) is 0 Å². The first-order chi connectivity index (χ1) is 11.3. The summed E-state index contributed by atoms with van der Waals surface area (Å²) in [6, 6.07) is 5.11. The average molecular weight is 341 g/mol. The molecule has 0 radical (unpaired) electrons. The molecule has 8 heteroatoms. The molecule has 1 saturated heterocycles. The van der Waals surface area contributed by atoms with Crippen LogP contribution in [0.3, 0.4) is 0 Å². The van der Waals surface area contributed by atoms with E-state index in [9.17, 15) is 13.2 Å². The SMILES string of the molecule is C[C@@H]1CN(Cc2nc(-c3cccc(C(F)(F)F)c3)no2)[C@@H](C)CO1. The Balaban J connectivity index is 1.76. The molecule has 0 saturated carbocycles. The van der Waals surface area contributed by atoms with Crippen molar-refractivity contribution < 1.29 is 22.4 Å². The van der Waals surface area contributed by atoms with Gasteiger partial charge in [-0.2, -0.15) is 18.2 Å². The van der Waals surface area contributed by atoms with Crippen LogP contribution in [-0.2, 0) is 17.5 Å². The second-order valence-electron chi connectivity index (χ2n) is 6.01. The Labute approximate surface area is 137 Å². The fourth-order valence-corrected chi connectivity index (χ4v) is 2.64. The first kappa shape index (κ1) is 16.9. The van der Waals surface area contributed by atoms with Gasteiger partial charge in [0.15, 0.2) is 0 Å². The van der Waals surface area contributed by atoms with E-state index in [4.69, 9.17) is 9.26 Å². The highest BCUT2D eigenvalue weighted by Gasteiger charge is 2.31. The normalized spacial score (nSPS) is 22.7. The Kier molecular flexibility index (Phi) is 4.60. The maximum absolute atomic E-state index is 12.8. The minimum atomic E-state index is -4.40. The third-order valence-electron chi connectivity index (χ3n) is 3.99. The van der Waals surface area contributed by atoms with Crippen molar-refractivity contribution in [3.8, 4) is 11.4 Å². The molecule has 130 valence electrons. The standard InChI is InChI=1S/C16H18F3N3O2/c1-10-9-23-11(2)7-22(10)8-14-20-15(21-24-14)12-4-3-5-13(6-12)16(17,18)19/h3-6,10-11H,7-9H2,1-2H3/t10-,11+/m0/s1. The molecule has 2 heterocycles. The number of ether oxygens (including phenoxy) is 1. The second kappa shape index (κ2) is 6.52. The van der Waals surface area contributed by atoms with Gasteiger partial charge in [0.2, 0.25) is 11.7 Å². The molecule has 2 atom stereocenters. The predicted molar refractivity (Wildman–Crippen MR) is 80.0 cm³/mol. The van der Waals surface area contributed by atoms with Crippen molar-refractivity contribution in [2.75, 3.05) is 13.2 Å². The zero-order valence-corrected chi connectivity index (χ0v) is 13.4. The van der Waals surface area contributed by atoms with E-state index in [1.165, 1.54) is 12.1 Å². The van der Waals surface area contributed by atoms with Crippen molar-refractivity contribution in [2.24, 2.45) is 0 Å². The minimum absolute atomic E-state index is 0.118. The first-order valence-corrected chi connectivity index (χ1v) is 7.69. The smallest absolute Gasteiger partial charge is 0.376 e. The lowest BCUT2D eigenvalue weighted by Crippen LogP contribution is -2.46. The van der Waals surface area contributed by atoms with Gasteiger partial charge < -0.3 is 9.26 Å². The molecule has 0 amide bonds. The molecule has 1 aliphatic heterocycles. The van der Waals surface area contributed by atoms with Crippen LogP contribution in [0.2, 0.25) is 0 Å². The van der Waals surface area contributed by atoms with Gasteiger partial charge in [0, 0.05) is 18.2 Å². The molecular weight excluding hydrogens is 323 g/mol. The van der Waals surface area contributed by atoms with E-state index in [-0.39, 0.29) is 23.5 Å². The Morgan fingerprint density at radius 1 is 1.29 bits per heavy atom. The summed E-state index contributed by atoms with van der Waals surface area (Å²) < 4.78 is 49.2. The summed E-state index contributed by atoms with van der Waals surface area (Å²) in [5, 5.41) is 3.81. The van der Waals surface area contributed by atoms with E-state index in [2.05, 4.69) is 15.0 Å². The molecular formula is C16H18F3N3O2. The van der Waals surface area contributed by atoms with Gasteiger partial charge >= 0.3 is 6.18 Å². The number of benzene rings is 1. The molecule has 0 aliphatic carbocycles. The molecule has 1 aromatic carbocycles. The molecule has 0 N–H and O–H groups in total. The second-order valence-corrected chi connectivity index (χ2v) is 6.01. The van der Waals surface area contributed by atoms with Crippen LogP contribution in [0.15, 0.2) is 28.8 Å². The third-order valence-corrected chi connectivity index (χ3v) is 3.99. The molecule has 0 bridgehead atoms. The molecule has 3 rings (SSSR count). The fourth-order valence-electron chi connectivity index (χ4n) is 2.64. The van der Waals surface area contributed by atoms with Crippen molar-refractivity contribution in [2.45, 2.75) is 38.7 Å². The predicted octanol–water partition coefficient (Wildman–Crippen LogP) is 3.36. The highest BCUT2D eigenvalue weighted by atomic mass is 19.4. The Morgan fingerprint density at radius 2 is 2.08 bits per heavy atom. The van der Waals surface area contributed by atoms with Crippen LogP contribution < -0.4 is 0 Å². The first-order valence-electron chi connectivity index (χ1n) is 7.69. The van der Waals surface area contributed by atoms with Gasteiger partial charge in [0.25, 0.3) is 0 Å². The molecule has 24 heavy (non-hydrogen) atoms. The summed E-state index contributed by atoms with van der Waals surface area (Å²) in [4.78, 5) is 6.38. The molecule has 0 spiro atoms. The van der Waals surface area contributed by atoms with Crippen LogP contribution in [0, 0.1) is 0 Å². The molecule has 1 fully saturated rings. The largest absolute Gasteiger partial charge is 0.416 e. The molecule has 0 unspecified atom stereocenters. The Bertz CT molecular complexity index is 702. The number of hydrogen-bond donors (Lipinski definition) is 0. The van der Waals surface area contributed by atoms with Crippen molar-refractivity contribution in [1.82, 2.24) is 15.0 Å². The van der Waals surface area contributed by atoms with E-state index < -0.39 is 11.7 Å². The molecule has 2 aromatic rings. The van der Waals surface area contributed by atoms with Gasteiger partial charge in [-0.1, -0.05) is 17.3 Å². The quantitative estimate of drug-likeness (QED) is 0.857. The zero-order chi connectivity index (χ0) is 17.3. The third kappa shape index (κ3) is 3.76. The number of rotatable bonds is 3. The number of aromatic nitrogens is 2. The Morgan fingerprint density at radius 3 is 2.83 bits per heavy atom. The van der Waals surface area contributed by atoms with Gasteiger partial charge in [-0.3, -0.25) is 4.90 Å². The number of halogens is 3. The van der Waals surface area contributed by atoms with Crippen molar-refractivity contribution in [3.63, 3.8) is 0 Å². The van der Waals surface area contributed by atoms with Crippen molar-refractivity contribution in [1.29, 1.82) is 0 Å². The van der Waals surface area contributed by atoms with Gasteiger partial charge in [0.1, 0.15) is 0 Å². The summed E-state index contributed by atoms with van der Waals surface area (Å²) in [7, 11) is 0. The van der Waals surface area contributed by atoms with Crippen LogP contribution in [0.1, 0.15) is 25.3 Å². The topological polar surface area (TPSA) is 51.4 Å². The highest BCUT2D eigenvalue weighted by Crippen LogP contribution is 2.31. The number of nitrogens with zero attached hydrogens (tertiary/aromatic N) is 3. The van der Waals surface area contributed by atoms with E-state index >= 15 is 0 Å². The fraction of sp³-hybridized carbons (Fsp3) is 0.500. The molecule has 1 aliphatic rings. The van der Waals surface area contributed by atoms with Gasteiger partial charge in [-0.05, 0) is 26.0 Å². The molecule has 5 nitrogen and oxygen atoms in total. The zero-order valence-electron chi connectivity index (χ0n) is 13.4. The summed E-state index contributed by atoms with van der Waals surface area (Å²) in [5.41, 5.74) is -0.454. The highest BCUT2D eigenvalue weighted by molar-refractivity contribution is 5.55. The van der Waals surface area contributed by atoms with Crippen LogP contribution >= 0.6 is 0 Å². The lowest BCUT2D eigenvalue weighted by molar-refractivity contribution is -0.137. The van der Waals surface area contributed by atoms with E-state index in [0.29, 0.717) is 19.0 Å². The Hall–Kier alpha value is -1.93. The number of morpholine rings is 1. The lowest BCUT2D eigenvalue weighted by Gasteiger charge is -2.35. The van der Waals surface area contributed by atoms with Crippen LogP contribution in [0.25, 0.3) is 11.4 Å². The number of hydrogen-bond acceptors (Lipinski definition) is 5. The maximum atomic E-state index is 12.8. The summed E-state index contributed by atoms with van der Waals surface area (Å²) in [5.74, 6) is 0.536. The number of alkyl halides is 3. The van der Waals surface area contributed by atoms with E-state index in [1.54, 1.807) is 0 Å². The summed E-state index contributed by atoms with van der Waals surface area (Å²) >= 11 is 0. The van der Waals surface area contributed by atoms with Crippen molar-refractivity contribution in [3.05, 3.63) is 35.7 Å². The van der Waals surface area contributed by atoms with E-state index in [1.807, 2.05) is 13.8 Å². The van der Waals surface area contributed by atoms with Crippen LogP contribution in [-0.4, -0.2) is 40.3 Å². The maximum Gasteiger partial charge on any atom is 0.416 e. The van der Waals surface area contributed by atoms with Gasteiger partial charge in [0.05, 0.1) is 24.8 Å². The summed E-state index contributed by atoms with van der Waals surface area (Å²) in [6.45, 7) is 5.83. The van der Waals surface area contributed by atoms with Crippen molar-refractivity contribution >= 4 is 0 Å². The van der Waals surface area contributed by atoms with Crippen LogP contribution in [0.5, 0.6) is 0 Å². The average Bonchev–Trinajstić information content (AvgIpc) is 2.99. The minimum Gasteiger partial charge on any atom is -0.376 e. The summed E-state index contributed by atoms with van der Waals surface area (Å²) in [6.07, 6.45) is -4.28. The van der Waals surface area contributed by atoms with E-state index in [0.717, 1.165) is 18.7 Å². The van der Waals surface area contributed by atoms with Crippen LogP contribution in [0.4, 0.5) is 13.2 Å². The monoisotopic (exact) mass is 341 g/mol. The van der Waals surface area contributed by atoms with Gasteiger partial charge in [-0.15, -0.1) is 0 Å². The molecule has 1 aromatic heterocycles. The lowest BCUT2D eigenvalue weighted by atomic mass is 10.1.